The van der Waals surface area contributed by atoms with Crippen LogP contribution in [0.4, 0.5) is 17.1 Å². The molecule has 0 atom stereocenters. The molecule has 0 fully saturated rings. The number of anilines is 3. The molecule has 3 aliphatic rings. The second kappa shape index (κ2) is 11.1. The maximum atomic E-state index is 10.3. The second-order valence-electron chi connectivity index (χ2n) is 13.1. The van der Waals surface area contributed by atoms with Gasteiger partial charge >= 0.3 is 0 Å². The van der Waals surface area contributed by atoms with E-state index in [4.69, 9.17) is 9.47 Å². The van der Waals surface area contributed by atoms with Crippen LogP contribution in [0.15, 0.2) is 158 Å². The highest BCUT2D eigenvalue weighted by Crippen LogP contribution is 2.44. The molecule has 236 valence electrons. The fourth-order valence-electron chi connectivity index (χ4n) is 8.43. The van der Waals surface area contributed by atoms with Crippen LogP contribution in [0.5, 0.6) is 23.0 Å². The molecule has 7 aromatic carbocycles. The van der Waals surface area contributed by atoms with Gasteiger partial charge in [-0.1, -0.05) is 97.1 Å². The van der Waals surface area contributed by atoms with Crippen LogP contribution < -0.4 is 51.5 Å². The zero-order valence-corrected chi connectivity index (χ0v) is 28.2. The van der Waals surface area contributed by atoms with Crippen molar-refractivity contribution in [2.75, 3.05) is 4.90 Å². The number of ether oxygens (including phenoxy) is 2. The average molecular weight is 668 g/mol. The van der Waals surface area contributed by atoms with E-state index < -0.39 is 8.07 Å². The summed E-state index contributed by atoms with van der Waals surface area (Å²) in [5.74, 6) is 3.13. The molecule has 3 heterocycles. The van der Waals surface area contributed by atoms with E-state index in [1.807, 2.05) is 48.5 Å². The number of rotatable bonds is 3. The molecule has 0 aromatic heterocycles. The minimum atomic E-state index is -3.10. The summed E-state index contributed by atoms with van der Waals surface area (Å²) in [6, 6.07) is 58.8. The maximum absolute atomic E-state index is 10.3. The first-order chi connectivity index (χ1) is 25.2. The Bertz CT molecular complexity index is 2470. The monoisotopic (exact) mass is 667 g/mol. The molecule has 0 saturated heterocycles. The van der Waals surface area contributed by atoms with E-state index in [2.05, 4.69) is 126 Å². The lowest BCUT2D eigenvalue weighted by Gasteiger charge is -2.45. The molecule has 0 spiro atoms. The Hall–Kier alpha value is -6.80. The lowest BCUT2D eigenvalue weighted by molar-refractivity contribution is 0.465. The molecule has 0 radical (unpaired) electrons. The van der Waals surface area contributed by atoms with Crippen molar-refractivity contribution in [3.63, 3.8) is 0 Å². The lowest BCUT2D eigenvalue weighted by Crippen LogP contribution is -2.77. The number of hydrogen-bond donors (Lipinski definition) is 0. The first-order valence-electron chi connectivity index (χ1n) is 16.9. The van der Waals surface area contributed by atoms with Crippen molar-refractivity contribution in [1.29, 1.82) is 10.5 Å². The first-order valence-corrected chi connectivity index (χ1v) is 18.9. The van der Waals surface area contributed by atoms with Gasteiger partial charge in [-0.15, -0.1) is 0 Å². The smallest absolute Gasteiger partial charge is 0.260 e. The molecule has 0 bridgehead atoms. The van der Waals surface area contributed by atoms with E-state index in [9.17, 15) is 10.5 Å². The molecule has 5 nitrogen and oxygen atoms in total. The number of nitriles is 2. The zero-order valence-electron chi connectivity index (χ0n) is 27.2. The highest BCUT2D eigenvalue weighted by atomic mass is 28.3. The van der Waals surface area contributed by atoms with Crippen molar-refractivity contribution in [3.8, 4) is 35.1 Å². The van der Waals surface area contributed by atoms with Crippen molar-refractivity contribution in [2.24, 2.45) is 0 Å². The third-order valence-corrected chi connectivity index (χ3v) is 15.3. The van der Waals surface area contributed by atoms with Crippen LogP contribution in [0, 0.1) is 22.7 Å². The predicted molar refractivity (Wildman–Crippen MR) is 205 cm³/mol. The number of para-hydroxylation sites is 2. The number of benzene rings is 7. The zero-order chi connectivity index (χ0) is 34.1. The van der Waals surface area contributed by atoms with Crippen molar-refractivity contribution in [3.05, 3.63) is 169 Å². The molecule has 0 aliphatic carbocycles. The fourth-order valence-corrected chi connectivity index (χ4v) is 13.6. The minimum Gasteiger partial charge on any atom is -0.458 e. The van der Waals surface area contributed by atoms with Crippen LogP contribution >= 0.6 is 0 Å². The van der Waals surface area contributed by atoms with E-state index >= 15 is 0 Å². The quantitative estimate of drug-likeness (QED) is 0.239. The summed E-state index contributed by atoms with van der Waals surface area (Å²) in [7, 11) is -3.10. The van der Waals surface area contributed by atoms with Crippen molar-refractivity contribution in [1.82, 2.24) is 0 Å². The Balaban J connectivity index is 1.29. The molecule has 7 heteroatoms. The van der Waals surface area contributed by atoms with Gasteiger partial charge in [-0.3, -0.25) is 0 Å². The molecule has 3 aliphatic heterocycles. The van der Waals surface area contributed by atoms with E-state index in [-0.39, 0.29) is 6.71 Å². The van der Waals surface area contributed by atoms with E-state index in [1.54, 1.807) is 0 Å². The summed E-state index contributed by atoms with van der Waals surface area (Å²) in [5, 5.41) is 25.0. The second-order valence-corrected chi connectivity index (χ2v) is 16.8. The van der Waals surface area contributed by atoms with Gasteiger partial charge in [0.15, 0.2) is 8.07 Å². The van der Waals surface area contributed by atoms with Gasteiger partial charge in [0, 0.05) is 29.0 Å². The van der Waals surface area contributed by atoms with Crippen LogP contribution in [0.25, 0.3) is 0 Å². The predicted octanol–water partition coefficient (Wildman–Crippen LogP) is 5.32. The maximum Gasteiger partial charge on any atom is 0.260 e. The Labute approximate surface area is 296 Å². The Kier molecular flexibility index (Phi) is 6.35. The van der Waals surface area contributed by atoms with Crippen LogP contribution in [0.1, 0.15) is 11.1 Å². The molecule has 0 saturated carbocycles. The Morgan fingerprint density at radius 3 is 1.41 bits per heavy atom. The molecular weight excluding hydrogens is 641 g/mol. The summed E-state index contributed by atoms with van der Waals surface area (Å²) in [6.45, 7) is -0.0347. The third-order valence-electron chi connectivity index (χ3n) is 10.5. The Morgan fingerprint density at radius 2 is 0.941 bits per heavy atom. The van der Waals surface area contributed by atoms with Gasteiger partial charge in [0.25, 0.3) is 6.71 Å². The number of fused-ring (bicyclic) bond motifs is 6. The van der Waals surface area contributed by atoms with Gasteiger partial charge in [-0.2, -0.15) is 10.5 Å². The summed E-state index contributed by atoms with van der Waals surface area (Å²) in [6.07, 6.45) is 0. The molecule has 0 N–H and O–H groups in total. The van der Waals surface area contributed by atoms with Gasteiger partial charge in [-0.05, 0) is 80.2 Å². The SMILES string of the molecule is N#Cc1ccc2c(c1)[Si](c1ccccc1)(c1ccccc1)c1cc(C#N)ccc1N2c1cc2c3c(c1)Oc1ccccc1B3c1ccccc1O2. The normalized spacial score (nSPS) is 13.8. The van der Waals surface area contributed by atoms with E-state index in [1.165, 1.54) is 10.4 Å². The van der Waals surface area contributed by atoms with Crippen molar-refractivity contribution < 1.29 is 9.47 Å². The molecule has 7 aromatic rings. The van der Waals surface area contributed by atoms with E-state index in [0.29, 0.717) is 11.1 Å². The van der Waals surface area contributed by atoms with Gasteiger partial charge < -0.3 is 14.4 Å². The Morgan fingerprint density at radius 1 is 0.490 bits per heavy atom. The van der Waals surface area contributed by atoms with E-state index in [0.717, 1.165) is 66.8 Å². The van der Waals surface area contributed by atoms with Gasteiger partial charge in [0.1, 0.15) is 23.0 Å². The standard InChI is InChI=1S/C44H26BN3O2Si/c46-27-29-19-21-36-42(23-29)51(32-11-3-1-4-12-32,33-13-5-2-6-14-33)43-24-30(28-47)20-22-37(43)48(36)31-25-40-44-41(26-31)50-39-18-10-8-16-35(39)45(44)34-15-7-9-17-38(34)49-40/h1-26H. The molecule has 0 unspecified atom stereocenters. The molecular formula is C44H26BN3O2Si. The fraction of sp³-hybridized carbons (Fsp3) is 0. The highest BCUT2D eigenvalue weighted by Gasteiger charge is 2.50. The summed E-state index contributed by atoms with van der Waals surface area (Å²) >= 11 is 0. The number of nitrogens with zero attached hydrogens (tertiary/aromatic N) is 3. The molecule has 0 amide bonds. The largest absolute Gasteiger partial charge is 0.458 e. The van der Waals surface area contributed by atoms with Crippen LogP contribution in [0.2, 0.25) is 0 Å². The van der Waals surface area contributed by atoms with Crippen molar-refractivity contribution >= 4 is 69.0 Å². The summed E-state index contributed by atoms with van der Waals surface area (Å²) in [4.78, 5) is 2.25. The third kappa shape index (κ3) is 4.13. The topological polar surface area (TPSA) is 69.3 Å². The summed E-state index contributed by atoms with van der Waals surface area (Å²) < 4.78 is 13.4. The molecule has 10 rings (SSSR count). The van der Waals surface area contributed by atoms with Crippen molar-refractivity contribution in [2.45, 2.75) is 0 Å². The minimum absolute atomic E-state index is 0.0347. The van der Waals surface area contributed by atoms with Gasteiger partial charge in [0.2, 0.25) is 0 Å². The van der Waals surface area contributed by atoms with Gasteiger partial charge in [-0.25, -0.2) is 0 Å². The first kappa shape index (κ1) is 29.1. The highest BCUT2D eigenvalue weighted by molar-refractivity contribution is 7.21. The lowest BCUT2D eigenvalue weighted by atomic mass is 9.35. The van der Waals surface area contributed by atoms with Gasteiger partial charge in [0.05, 0.1) is 29.0 Å². The summed E-state index contributed by atoms with van der Waals surface area (Å²) in [5.41, 5.74) is 7.20. The average Bonchev–Trinajstić information content (AvgIpc) is 3.19. The van der Waals surface area contributed by atoms with Crippen LogP contribution in [-0.2, 0) is 0 Å². The number of hydrogen-bond acceptors (Lipinski definition) is 5. The van der Waals surface area contributed by atoms with Crippen LogP contribution in [-0.4, -0.2) is 14.8 Å². The molecule has 51 heavy (non-hydrogen) atoms. The van der Waals surface area contributed by atoms with Crippen LogP contribution in [0.3, 0.4) is 0 Å².